The maximum absolute atomic E-state index is 12.1. The van der Waals surface area contributed by atoms with E-state index in [2.05, 4.69) is 15.3 Å². The Bertz CT molecular complexity index is 947. The minimum absolute atomic E-state index is 0.366. The van der Waals surface area contributed by atoms with Crippen LogP contribution in [0.1, 0.15) is 12.5 Å². The van der Waals surface area contributed by atoms with Gasteiger partial charge in [0.1, 0.15) is 0 Å². The van der Waals surface area contributed by atoms with Gasteiger partial charge in [0.15, 0.2) is 11.2 Å². The summed E-state index contributed by atoms with van der Waals surface area (Å²) < 4.78 is 3.09. The predicted molar refractivity (Wildman–Crippen MR) is 85.7 cm³/mol. The second-order valence-corrected chi connectivity index (χ2v) is 5.16. The van der Waals surface area contributed by atoms with Gasteiger partial charge in [-0.1, -0.05) is 17.7 Å². The summed E-state index contributed by atoms with van der Waals surface area (Å²) in [6.07, 6.45) is 0. The van der Waals surface area contributed by atoms with Crippen LogP contribution in [-0.2, 0) is 13.6 Å². The van der Waals surface area contributed by atoms with Crippen LogP contribution < -0.4 is 16.6 Å². The van der Waals surface area contributed by atoms with Crippen molar-refractivity contribution in [2.45, 2.75) is 20.4 Å². The van der Waals surface area contributed by atoms with Crippen molar-refractivity contribution in [3.63, 3.8) is 0 Å². The normalized spacial score (nSPS) is 11.0. The van der Waals surface area contributed by atoms with Gasteiger partial charge >= 0.3 is 5.69 Å². The minimum Gasteiger partial charge on any atom is -0.326 e. The smallest absolute Gasteiger partial charge is 0.326 e. The standard InChI is InChI=1S/C15H17N5O2/c1-4-20-11-12(19(3)15(22)18-13(11)21)17-14(20)16-10-7-5-9(2)6-8-10/h5-8H,4H2,1-3H3,(H,16,17)(H,18,21,22). The molecule has 22 heavy (non-hydrogen) atoms. The highest BCUT2D eigenvalue weighted by atomic mass is 16.2. The van der Waals surface area contributed by atoms with Crippen LogP contribution >= 0.6 is 0 Å². The molecular weight excluding hydrogens is 282 g/mol. The Hall–Kier alpha value is -2.83. The van der Waals surface area contributed by atoms with Gasteiger partial charge in [-0.2, -0.15) is 4.98 Å². The number of fused-ring (bicyclic) bond motifs is 1. The second kappa shape index (κ2) is 5.18. The zero-order chi connectivity index (χ0) is 15.9. The number of anilines is 2. The van der Waals surface area contributed by atoms with E-state index in [9.17, 15) is 9.59 Å². The molecule has 0 saturated heterocycles. The lowest BCUT2D eigenvalue weighted by atomic mass is 10.2. The van der Waals surface area contributed by atoms with Gasteiger partial charge in [0, 0.05) is 19.3 Å². The molecule has 114 valence electrons. The quantitative estimate of drug-likeness (QED) is 0.767. The van der Waals surface area contributed by atoms with Crippen LogP contribution in [0.4, 0.5) is 11.6 Å². The third kappa shape index (κ3) is 2.20. The number of hydrogen-bond acceptors (Lipinski definition) is 4. The van der Waals surface area contributed by atoms with E-state index in [-0.39, 0.29) is 0 Å². The molecule has 0 aliphatic heterocycles. The Kier molecular flexibility index (Phi) is 3.32. The minimum atomic E-state index is -0.472. The number of nitrogens with zero attached hydrogens (tertiary/aromatic N) is 3. The molecule has 0 aliphatic rings. The summed E-state index contributed by atoms with van der Waals surface area (Å²) in [6, 6.07) is 7.86. The molecule has 0 spiro atoms. The maximum atomic E-state index is 12.1. The number of H-pyrrole nitrogens is 1. The van der Waals surface area contributed by atoms with E-state index in [1.807, 2.05) is 38.1 Å². The summed E-state index contributed by atoms with van der Waals surface area (Å²) in [7, 11) is 1.59. The van der Waals surface area contributed by atoms with Crippen LogP contribution in [0.3, 0.4) is 0 Å². The Morgan fingerprint density at radius 3 is 2.55 bits per heavy atom. The Labute approximate surface area is 126 Å². The zero-order valence-electron chi connectivity index (χ0n) is 12.7. The average Bonchev–Trinajstić information content (AvgIpc) is 2.86. The number of aryl methyl sites for hydroxylation is 3. The van der Waals surface area contributed by atoms with Crippen LogP contribution in [-0.4, -0.2) is 19.1 Å². The van der Waals surface area contributed by atoms with E-state index < -0.39 is 11.2 Å². The van der Waals surface area contributed by atoms with Crippen LogP contribution in [0.2, 0.25) is 0 Å². The van der Waals surface area contributed by atoms with Crippen LogP contribution in [0.25, 0.3) is 11.2 Å². The van der Waals surface area contributed by atoms with Crippen molar-refractivity contribution in [2.24, 2.45) is 7.05 Å². The van der Waals surface area contributed by atoms with Crippen molar-refractivity contribution in [1.29, 1.82) is 0 Å². The summed E-state index contributed by atoms with van der Waals surface area (Å²) in [5.41, 5.74) is 1.89. The van der Waals surface area contributed by atoms with Crippen LogP contribution in [0.5, 0.6) is 0 Å². The third-order valence-corrected chi connectivity index (χ3v) is 3.63. The molecule has 0 amide bonds. The van der Waals surface area contributed by atoms with Crippen LogP contribution in [0.15, 0.2) is 33.9 Å². The fourth-order valence-electron chi connectivity index (χ4n) is 2.40. The van der Waals surface area contributed by atoms with E-state index in [0.29, 0.717) is 23.7 Å². The zero-order valence-corrected chi connectivity index (χ0v) is 12.7. The lowest BCUT2D eigenvalue weighted by Gasteiger charge is -2.08. The Morgan fingerprint density at radius 1 is 1.23 bits per heavy atom. The third-order valence-electron chi connectivity index (χ3n) is 3.63. The first-order valence-electron chi connectivity index (χ1n) is 7.04. The molecule has 7 nitrogen and oxygen atoms in total. The molecule has 3 aromatic rings. The first kappa shape index (κ1) is 14.1. The molecular formula is C15H17N5O2. The summed E-state index contributed by atoms with van der Waals surface area (Å²) >= 11 is 0. The monoisotopic (exact) mass is 299 g/mol. The summed E-state index contributed by atoms with van der Waals surface area (Å²) in [5, 5.41) is 3.20. The molecule has 0 saturated carbocycles. The number of hydrogen-bond donors (Lipinski definition) is 2. The van der Waals surface area contributed by atoms with Crippen molar-refractivity contribution in [2.75, 3.05) is 5.32 Å². The highest BCUT2D eigenvalue weighted by Gasteiger charge is 2.16. The summed E-state index contributed by atoms with van der Waals surface area (Å²) in [4.78, 5) is 30.5. The number of aromatic amines is 1. The highest BCUT2D eigenvalue weighted by Crippen LogP contribution is 2.20. The fraction of sp³-hybridized carbons (Fsp3) is 0.267. The Morgan fingerprint density at radius 2 is 1.91 bits per heavy atom. The van der Waals surface area contributed by atoms with Gasteiger partial charge in [-0.25, -0.2) is 4.79 Å². The topological polar surface area (TPSA) is 84.7 Å². The molecule has 0 bridgehead atoms. The van der Waals surface area contributed by atoms with Gasteiger partial charge < -0.3 is 9.88 Å². The summed E-state index contributed by atoms with van der Waals surface area (Å²) in [6.45, 7) is 4.50. The first-order chi connectivity index (χ1) is 10.5. The highest BCUT2D eigenvalue weighted by molar-refractivity contribution is 5.75. The molecule has 0 aliphatic carbocycles. The number of nitrogens with one attached hydrogen (secondary N) is 2. The van der Waals surface area contributed by atoms with Gasteiger partial charge in [-0.05, 0) is 26.0 Å². The largest absolute Gasteiger partial charge is 0.329 e. The number of rotatable bonds is 3. The second-order valence-electron chi connectivity index (χ2n) is 5.16. The molecule has 2 heterocycles. The number of imidazole rings is 1. The molecule has 3 rings (SSSR count). The van der Waals surface area contributed by atoms with Crippen molar-refractivity contribution < 1.29 is 0 Å². The fourth-order valence-corrected chi connectivity index (χ4v) is 2.40. The SMILES string of the molecule is CCn1c(Nc2ccc(C)cc2)nc2c1c(=O)[nH]c(=O)n2C. The van der Waals surface area contributed by atoms with Gasteiger partial charge in [0.25, 0.3) is 5.56 Å². The number of aromatic nitrogens is 4. The van der Waals surface area contributed by atoms with Gasteiger partial charge in [-0.3, -0.25) is 14.3 Å². The molecule has 0 radical (unpaired) electrons. The molecule has 7 heteroatoms. The van der Waals surface area contributed by atoms with E-state index >= 15 is 0 Å². The molecule has 0 atom stereocenters. The van der Waals surface area contributed by atoms with Crippen molar-refractivity contribution in [3.05, 3.63) is 50.7 Å². The lowest BCUT2D eigenvalue weighted by Crippen LogP contribution is -2.29. The van der Waals surface area contributed by atoms with E-state index in [1.54, 1.807) is 11.6 Å². The van der Waals surface area contributed by atoms with E-state index in [1.165, 1.54) is 4.57 Å². The van der Waals surface area contributed by atoms with Crippen molar-refractivity contribution in [3.8, 4) is 0 Å². The van der Waals surface area contributed by atoms with Crippen molar-refractivity contribution in [1.82, 2.24) is 19.1 Å². The van der Waals surface area contributed by atoms with Gasteiger partial charge in [0.05, 0.1) is 0 Å². The predicted octanol–water partition coefficient (Wildman–Crippen LogP) is 1.50. The molecule has 2 aromatic heterocycles. The van der Waals surface area contributed by atoms with E-state index in [0.717, 1.165) is 11.3 Å². The maximum Gasteiger partial charge on any atom is 0.329 e. The van der Waals surface area contributed by atoms with Crippen molar-refractivity contribution >= 4 is 22.8 Å². The van der Waals surface area contributed by atoms with Crippen LogP contribution in [0, 0.1) is 6.92 Å². The average molecular weight is 299 g/mol. The molecule has 1 aromatic carbocycles. The summed E-state index contributed by atoms with van der Waals surface area (Å²) in [5.74, 6) is 0.535. The Balaban J connectivity index is 2.20. The first-order valence-corrected chi connectivity index (χ1v) is 7.04. The van der Waals surface area contributed by atoms with E-state index in [4.69, 9.17) is 0 Å². The van der Waals surface area contributed by atoms with Gasteiger partial charge in [-0.15, -0.1) is 0 Å². The lowest BCUT2D eigenvalue weighted by molar-refractivity contribution is 0.785. The molecule has 0 fully saturated rings. The van der Waals surface area contributed by atoms with Gasteiger partial charge in [0.2, 0.25) is 5.95 Å². The molecule has 2 N–H and O–H groups in total. The number of benzene rings is 1. The molecule has 0 unspecified atom stereocenters.